The number of thiophene rings is 1. The van der Waals surface area contributed by atoms with Gasteiger partial charge in [-0.25, -0.2) is 9.37 Å². The maximum atomic E-state index is 13.4. The largest absolute Gasteiger partial charge is 0.296 e. The van der Waals surface area contributed by atoms with Gasteiger partial charge in [0.15, 0.2) is 0 Å². The molecule has 0 radical (unpaired) electrons. The molecule has 0 unspecified atom stereocenters. The van der Waals surface area contributed by atoms with Gasteiger partial charge >= 0.3 is 0 Å². The average Bonchev–Trinajstić information content (AvgIpc) is 3.29. The molecule has 5 nitrogen and oxygen atoms in total. The summed E-state index contributed by atoms with van der Waals surface area (Å²) < 4.78 is 13.4. The molecule has 3 aromatic rings. The molecule has 130 valence electrons. The second-order valence-electron chi connectivity index (χ2n) is 6.26. The first-order valence-corrected chi connectivity index (χ1v) is 9.21. The molecule has 0 saturated carbocycles. The van der Waals surface area contributed by atoms with Crippen molar-refractivity contribution < 1.29 is 4.39 Å². The Morgan fingerprint density at radius 3 is 2.56 bits per heavy atom. The number of H-pyrrole nitrogens is 1. The van der Waals surface area contributed by atoms with E-state index in [1.807, 2.05) is 6.07 Å². The van der Waals surface area contributed by atoms with Crippen LogP contribution in [0, 0.1) is 5.82 Å². The summed E-state index contributed by atoms with van der Waals surface area (Å²) in [7, 11) is 0. The Kier molecular flexibility index (Phi) is 4.87. The monoisotopic (exact) mass is 357 g/mol. The third kappa shape index (κ3) is 4.12. The molecule has 1 aromatic carbocycles. The second-order valence-corrected chi connectivity index (χ2v) is 7.43. The van der Waals surface area contributed by atoms with E-state index in [1.54, 1.807) is 29.8 Å². The van der Waals surface area contributed by atoms with Crippen LogP contribution in [0.15, 0.2) is 42.7 Å². The van der Waals surface area contributed by atoms with Crippen LogP contribution in [0.5, 0.6) is 0 Å². The normalized spacial score (nSPS) is 16.4. The molecule has 25 heavy (non-hydrogen) atoms. The predicted octanol–water partition coefficient (Wildman–Crippen LogP) is 2.99. The number of hydrogen-bond acceptors (Lipinski definition) is 5. The minimum Gasteiger partial charge on any atom is -0.296 e. The van der Waals surface area contributed by atoms with E-state index in [4.69, 9.17) is 0 Å². The highest BCUT2D eigenvalue weighted by Crippen LogP contribution is 2.29. The van der Waals surface area contributed by atoms with Crippen LogP contribution in [0.25, 0.3) is 10.4 Å². The van der Waals surface area contributed by atoms with Crippen LogP contribution in [0.3, 0.4) is 0 Å². The molecule has 3 heterocycles. The summed E-state index contributed by atoms with van der Waals surface area (Å²) in [5.74, 6) is 0.738. The predicted molar refractivity (Wildman–Crippen MR) is 96.6 cm³/mol. The van der Waals surface area contributed by atoms with Crippen molar-refractivity contribution in [1.29, 1.82) is 0 Å². The summed E-state index contributed by atoms with van der Waals surface area (Å²) in [4.78, 5) is 11.5. The van der Waals surface area contributed by atoms with Crippen molar-refractivity contribution in [1.82, 2.24) is 25.0 Å². The Balaban J connectivity index is 1.32. The van der Waals surface area contributed by atoms with Crippen LogP contribution in [0.1, 0.15) is 10.7 Å². The van der Waals surface area contributed by atoms with E-state index in [1.165, 1.54) is 10.9 Å². The lowest BCUT2D eigenvalue weighted by atomic mass is 10.2. The third-order valence-electron chi connectivity index (χ3n) is 4.45. The van der Waals surface area contributed by atoms with Crippen LogP contribution in [-0.4, -0.2) is 51.2 Å². The Labute approximate surface area is 150 Å². The lowest BCUT2D eigenvalue weighted by Gasteiger charge is -2.33. The van der Waals surface area contributed by atoms with Crippen LogP contribution in [0.4, 0.5) is 4.39 Å². The van der Waals surface area contributed by atoms with E-state index in [2.05, 4.69) is 37.1 Å². The van der Waals surface area contributed by atoms with E-state index in [-0.39, 0.29) is 5.82 Å². The standard InChI is InChI=1S/C18H20FN5S/c19-15-3-1-2-14(10-15)17-5-4-16(25-17)11-23-6-8-24(9-7-23)12-18-20-13-21-22-18/h1-5,10,13H,6-9,11-12H2,(H,20,21,22). The fourth-order valence-electron chi connectivity index (χ4n) is 3.10. The van der Waals surface area contributed by atoms with Gasteiger partial charge in [0.2, 0.25) is 0 Å². The van der Waals surface area contributed by atoms with Crippen LogP contribution >= 0.6 is 11.3 Å². The van der Waals surface area contributed by atoms with Crippen molar-refractivity contribution in [2.45, 2.75) is 13.1 Å². The van der Waals surface area contributed by atoms with Gasteiger partial charge in [-0.1, -0.05) is 12.1 Å². The van der Waals surface area contributed by atoms with E-state index in [9.17, 15) is 4.39 Å². The molecule has 1 N–H and O–H groups in total. The quantitative estimate of drug-likeness (QED) is 0.763. The molecule has 0 amide bonds. The summed E-state index contributed by atoms with van der Waals surface area (Å²) in [5, 5.41) is 6.81. The van der Waals surface area contributed by atoms with Gasteiger partial charge in [0.25, 0.3) is 0 Å². The van der Waals surface area contributed by atoms with Crippen molar-refractivity contribution in [2.24, 2.45) is 0 Å². The highest BCUT2D eigenvalue weighted by atomic mass is 32.1. The number of rotatable bonds is 5. The summed E-state index contributed by atoms with van der Waals surface area (Å²) in [6.07, 6.45) is 1.55. The minimum atomic E-state index is -0.185. The lowest BCUT2D eigenvalue weighted by molar-refractivity contribution is 0.121. The molecule has 2 aromatic heterocycles. The van der Waals surface area contributed by atoms with Gasteiger partial charge in [0.1, 0.15) is 18.0 Å². The first-order chi connectivity index (χ1) is 12.3. The first-order valence-electron chi connectivity index (χ1n) is 8.40. The van der Waals surface area contributed by atoms with Gasteiger partial charge in [0.05, 0.1) is 6.54 Å². The smallest absolute Gasteiger partial charge is 0.138 e. The van der Waals surface area contributed by atoms with Crippen LogP contribution in [0.2, 0.25) is 0 Å². The summed E-state index contributed by atoms with van der Waals surface area (Å²) in [6, 6.07) is 11.0. The second kappa shape index (κ2) is 7.43. The van der Waals surface area contributed by atoms with Crippen molar-refractivity contribution in [3.63, 3.8) is 0 Å². The number of aromatic nitrogens is 3. The van der Waals surface area contributed by atoms with Gasteiger partial charge < -0.3 is 0 Å². The number of halogens is 1. The highest BCUT2D eigenvalue weighted by molar-refractivity contribution is 7.15. The first kappa shape index (κ1) is 16.4. The van der Waals surface area contributed by atoms with Crippen LogP contribution in [-0.2, 0) is 13.1 Å². The Morgan fingerprint density at radius 1 is 1.04 bits per heavy atom. The number of aromatic amines is 1. The number of nitrogens with zero attached hydrogens (tertiary/aromatic N) is 4. The summed E-state index contributed by atoms with van der Waals surface area (Å²) in [5.41, 5.74) is 0.952. The molecule has 0 bridgehead atoms. The molecule has 4 rings (SSSR count). The average molecular weight is 357 g/mol. The Bertz CT molecular complexity index is 809. The van der Waals surface area contributed by atoms with E-state index < -0.39 is 0 Å². The molecule has 1 aliphatic heterocycles. The van der Waals surface area contributed by atoms with Crippen molar-refractivity contribution in [3.05, 3.63) is 59.2 Å². The topological polar surface area (TPSA) is 48.1 Å². The lowest BCUT2D eigenvalue weighted by Crippen LogP contribution is -2.45. The zero-order valence-electron chi connectivity index (χ0n) is 13.9. The van der Waals surface area contributed by atoms with Gasteiger partial charge in [-0.05, 0) is 29.8 Å². The molecular formula is C18H20FN5S. The molecule has 0 atom stereocenters. The van der Waals surface area contributed by atoms with Crippen molar-refractivity contribution in [3.8, 4) is 10.4 Å². The van der Waals surface area contributed by atoms with E-state index in [0.717, 1.165) is 55.5 Å². The third-order valence-corrected chi connectivity index (χ3v) is 5.57. The Morgan fingerprint density at radius 2 is 1.84 bits per heavy atom. The fourth-order valence-corrected chi connectivity index (χ4v) is 4.15. The highest BCUT2D eigenvalue weighted by Gasteiger charge is 2.18. The SMILES string of the molecule is Fc1cccc(-c2ccc(CN3CCN(Cc4ncn[nH]4)CC3)s2)c1. The maximum Gasteiger partial charge on any atom is 0.138 e. The van der Waals surface area contributed by atoms with Gasteiger partial charge in [0, 0.05) is 42.5 Å². The maximum absolute atomic E-state index is 13.4. The minimum absolute atomic E-state index is 0.185. The van der Waals surface area contributed by atoms with Crippen molar-refractivity contribution in [2.75, 3.05) is 26.2 Å². The summed E-state index contributed by atoms with van der Waals surface area (Å²) in [6.45, 7) is 5.93. The molecule has 0 spiro atoms. The van der Waals surface area contributed by atoms with Crippen LogP contribution < -0.4 is 0 Å². The Hall–Kier alpha value is -2.09. The molecule has 0 aliphatic carbocycles. The number of piperazine rings is 1. The fraction of sp³-hybridized carbons (Fsp3) is 0.333. The zero-order valence-corrected chi connectivity index (χ0v) is 14.7. The molecule has 1 saturated heterocycles. The molecular weight excluding hydrogens is 337 g/mol. The van der Waals surface area contributed by atoms with Gasteiger partial charge in [-0.15, -0.1) is 11.3 Å². The number of nitrogens with one attached hydrogen (secondary N) is 1. The van der Waals surface area contributed by atoms with Gasteiger partial charge in [-0.3, -0.25) is 14.9 Å². The van der Waals surface area contributed by atoms with Gasteiger partial charge in [-0.2, -0.15) is 5.10 Å². The van der Waals surface area contributed by atoms with E-state index in [0.29, 0.717) is 0 Å². The molecule has 1 aliphatic rings. The molecule has 7 heteroatoms. The number of hydrogen-bond donors (Lipinski definition) is 1. The van der Waals surface area contributed by atoms with Crippen molar-refractivity contribution >= 4 is 11.3 Å². The number of benzene rings is 1. The molecule has 1 fully saturated rings. The van der Waals surface area contributed by atoms with E-state index >= 15 is 0 Å². The zero-order chi connectivity index (χ0) is 17.1. The summed E-state index contributed by atoms with van der Waals surface area (Å²) >= 11 is 1.75.